The van der Waals surface area contributed by atoms with Gasteiger partial charge in [0.2, 0.25) is 0 Å². The van der Waals surface area contributed by atoms with Crippen molar-refractivity contribution in [1.29, 1.82) is 0 Å². The summed E-state index contributed by atoms with van der Waals surface area (Å²) >= 11 is 0. The second kappa shape index (κ2) is 7.15. The second-order valence-corrected chi connectivity index (χ2v) is 5.11. The van der Waals surface area contributed by atoms with Gasteiger partial charge in [0.25, 0.3) is 0 Å². The van der Waals surface area contributed by atoms with Gasteiger partial charge in [0.1, 0.15) is 5.82 Å². The summed E-state index contributed by atoms with van der Waals surface area (Å²) < 4.78 is 0. The molecule has 0 spiro atoms. The molecule has 0 aliphatic rings. The van der Waals surface area contributed by atoms with Gasteiger partial charge in [-0.1, -0.05) is 44.2 Å². The summed E-state index contributed by atoms with van der Waals surface area (Å²) in [5.41, 5.74) is 2.53. The highest BCUT2D eigenvalue weighted by molar-refractivity contribution is 5.19. The molecule has 1 aromatic carbocycles. The van der Waals surface area contributed by atoms with E-state index in [0.29, 0.717) is 6.04 Å². The van der Waals surface area contributed by atoms with Crippen LogP contribution in [0.1, 0.15) is 43.3 Å². The minimum absolute atomic E-state index is 0.432. The van der Waals surface area contributed by atoms with Crippen molar-refractivity contribution in [3.63, 3.8) is 0 Å². The Morgan fingerprint density at radius 3 is 2.25 bits per heavy atom. The molecule has 0 aliphatic carbocycles. The van der Waals surface area contributed by atoms with E-state index in [0.717, 1.165) is 25.2 Å². The zero-order valence-electron chi connectivity index (χ0n) is 12.6. The molecule has 1 atom stereocenters. The molecule has 1 heterocycles. The van der Waals surface area contributed by atoms with Crippen LogP contribution in [0.25, 0.3) is 0 Å². The first-order chi connectivity index (χ1) is 9.74. The predicted octanol–water partition coefficient (Wildman–Crippen LogP) is 3.62. The molecule has 20 heavy (non-hydrogen) atoms. The van der Waals surface area contributed by atoms with E-state index >= 15 is 0 Å². The van der Waals surface area contributed by atoms with Crippen LogP contribution in [0.3, 0.4) is 0 Å². The normalized spacial score (nSPS) is 12.6. The third-order valence-electron chi connectivity index (χ3n) is 3.61. The van der Waals surface area contributed by atoms with Crippen LogP contribution < -0.4 is 0 Å². The molecule has 0 radical (unpaired) electrons. The Labute approximate surface area is 121 Å². The van der Waals surface area contributed by atoms with Crippen LogP contribution in [0.2, 0.25) is 0 Å². The van der Waals surface area contributed by atoms with Gasteiger partial charge in [-0.2, -0.15) is 0 Å². The van der Waals surface area contributed by atoms with Crippen molar-refractivity contribution in [2.45, 2.75) is 39.3 Å². The highest BCUT2D eigenvalue weighted by Gasteiger charge is 2.15. The number of aryl methyl sites for hydroxylation is 1. The Morgan fingerprint density at radius 1 is 1.05 bits per heavy atom. The van der Waals surface area contributed by atoms with E-state index in [1.165, 1.54) is 11.1 Å². The van der Waals surface area contributed by atoms with Crippen molar-refractivity contribution < 1.29 is 0 Å². The standard InChI is InChI=1S/C17H23N3/c1-4-16(15-9-7-6-8-10-15)20(3)13-14-11-18-17(5-2)19-12-14/h6-12,16H,4-5,13H2,1-3H3. The molecule has 0 N–H and O–H groups in total. The van der Waals surface area contributed by atoms with Gasteiger partial charge in [-0.05, 0) is 19.0 Å². The Kier molecular flexibility index (Phi) is 5.24. The Balaban J connectivity index is 2.07. The van der Waals surface area contributed by atoms with Crippen LogP contribution in [0, 0.1) is 0 Å². The fraction of sp³-hybridized carbons (Fsp3) is 0.412. The van der Waals surface area contributed by atoms with E-state index in [4.69, 9.17) is 0 Å². The molecule has 2 aromatic rings. The van der Waals surface area contributed by atoms with Crippen LogP contribution in [0.15, 0.2) is 42.7 Å². The number of rotatable bonds is 6. The lowest BCUT2D eigenvalue weighted by Gasteiger charge is -2.27. The van der Waals surface area contributed by atoms with Gasteiger partial charge in [-0.25, -0.2) is 9.97 Å². The highest BCUT2D eigenvalue weighted by Crippen LogP contribution is 2.23. The molecule has 0 aliphatic heterocycles. The smallest absolute Gasteiger partial charge is 0.127 e. The number of hydrogen-bond acceptors (Lipinski definition) is 3. The minimum Gasteiger partial charge on any atom is -0.295 e. The van der Waals surface area contributed by atoms with Gasteiger partial charge in [-0.15, -0.1) is 0 Å². The van der Waals surface area contributed by atoms with Crippen LogP contribution in [-0.4, -0.2) is 21.9 Å². The highest BCUT2D eigenvalue weighted by atomic mass is 15.1. The van der Waals surface area contributed by atoms with Crippen LogP contribution in [-0.2, 0) is 13.0 Å². The summed E-state index contributed by atoms with van der Waals surface area (Å²) in [6.45, 7) is 5.17. The van der Waals surface area contributed by atoms with Crippen molar-refractivity contribution in [1.82, 2.24) is 14.9 Å². The van der Waals surface area contributed by atoms with Gasteiger partial charge in [0.15, 0.2) is 0 Å². The average molecular weight is 269 g/mol. The molecule has 0 saturated carbocycles. The van der Waals surface area contributed by atoms with Crippen molar-refractivity contribution >= 4 is 0 Å². The lowest BCUT2D eigenvalue weighted by molar-refractivity contribution is 0.230. The number of benzene rings is 1. The lowest BCUT2D eigenvalue weighted by atomic mass is 10.0. The lowest BCUT2D eigenvalue weighted by Crippen LogP contribution is -2.24. The maximum absolute atomic E-state index is 4.37. The Morgan fingerprint density at radius 2 is 1.70 bits per heavy atom. The molecular formula is C17H23N3. The monoisotopic (exact) mass is 269 g/mol. The van der Waals surface area contributed by atoms with Crippen LogP contribution >= 0.6 is 0 Å². The summed E-state index contributed by atoms with van der Waals surface area (Å²) in [6, 6.07) is 11.1. The van der Waals surface area contributed by atoms with Gasteiger partial charge in [0, 0.05) is 37.0 Å². The first-order valence-corrected chi connectivity index (χ1v) is 7.29. The molecule has 2 rings (SSSR count). The van der Waals surface area contributed by atoms with Crippen LogP contribution in [0.5, 0.6) is 0 Å². The number of nitrogens with zero attached hydrogens (tertiary/aromatic N) is 3. The summed E-state index contributed by atoms with van der Waals surface area (Å²) in [6.07, 6.45) is 5.87. The van der Waals surface area contributed by atoms with Crippen LogP contribution in [0.4, 0.5) is 0 Å². The van der Waals surface area contributed by atoms with E-state index in [-0.39, 0.29) is 0 Å². The predicted molar refractivity (Wildman–Crippen MR) is 82.4 cm³/mol. The van der Waals surface area contributed by atoms with E-state index in [2.05, 4.69) is 66.1 Å². The third kappa shape index (κ3) is 3.64. The number of aromatic nitrogens is 2. The summed E-state index contributed by atoms with van der Waals surface area (Å²) in [5.74, 6) is 0.909. The van der Waals surface area contributed by atoms with Crippen molar-refractivity contribution in [3.8, 4) is 0 Å². The maximum atomic E-state index is 4.37. The fourth-order valence-electron chi connectivity index (χ4n) is 2.52. The summed E-state index contributed by atoms with van der Waals surface area (Å²) in [7, 11) is 2.16. The zero-order valence-corrected chi connectivity index (χ0v) is 12.6. The SMILES string of the molecule is CCc1ncc(CN(C)C(CC)c2ccccc2)cn1. The van der Waals surface area contributed by atoms with E-state index in [9.17, 15) is 0 Å². The average Bonchev–Trinajstić information content (AvgIpc) is 2.50. The van der Waals surface area contributed by atoms with Gasteiger partial charge in [-0.3, -0.25) is 4.90 Å². The minimum atomic E-state index is 0.432. The zero-order chi connectivity index (χ0) is 14.4. The number of hydrogen-bond donors (Lipinski definition) is 0. The van der Waals surface area contributed by atoms with Crippen molar-refractivity contribution in [3.05, 3.63) is 59.7 Å². The molecular weight excluding hydrogens is 246 g/mol. The molecule has 3 nitrogen and oxygen atoms in total. The molecule has 0 bridgehead atoms. The van der Waals surface area contributed by atoms with Gasteiger partial charge in [0.05, 0.1) is 0 Å². The maximum Gasteiger partial charge on any atom is 0.127 e. The van der Waals surface area contributed by atoms with E-state index < -0.39 is 0 Å². The fourth-order valence-corrected chi connectivity index (χ4v) is 2.52. The molecule has 0 fully saturated rings. The van der Waals surface area contributed by atoms with Crippen molar-refractivity contribution in [2.75, 3.05) is 7.05 Å². The molecule has 1 aromatic heterocycles. The molecule has 106 valence electrons. The molecule has 1 unspecified atom stereocenters. The molecule has 0 amide bonds. The third-order valence-corrected chi connectivity index (χ3v) is 3.61. The molecule has 3 heteroatoms. The first kappa shape index (κ1) is 14.7. The topological polar surface area (TPSA) is 29.0 Å². The first-order valence-electron chi connectivity index (χ1n) is 7.29. The Hall–Kier alpha value is -1.74. The summed E-state index contributed by atoms with van der Waals surface area (Å²) in [5, 5.41) is 0. The summed E-state index contributed by atoms with van der Waals surface area (Å²) in [4.78, 5) is 11.1. The second-order valence-electron chi connectivity index (χ2n) is 5.11. The Bertz CT molecular complexity index is 508. The van der Waals surface area contributed by atoms with Gasteiger partial charge >= 0.3 is 0 Å². The van der Waals surface area contributed by atoms with Gasteiger partial charge < -0.3 is 0 Å². The quantitative estimate of drug-likeness (QED) is 0.802. The molecule has 0 saturated heterocycles. The van der Waals surface area contributed by atoms with E-state index in [1.807, 2.05) is 12.4 Å². The van der Waals surface area contributed by atoms with E-state index in [1.54, 1.807) is 0 Å². The largest absolute Gasteiger partial charge is 0.295 e. The van der Waals surface area contributed by atoms with Crippen molar-refractivity contribution in [2.24, 2.45) is 0 Å².